The Hall–Kier alpha value is -2.56. The number of nitrogens with zero attached hydrogens (tertiary/aromatic N) is 1. The van der Waals surface area contributed by atoms with Gasteiger partial charge in [-0.3, -0.25) is 9.78 Å². The summed E-state index contributed by atoms with van der Waals surface area (Å²) in [4.78, 5) is 16.4. The van der Waals surface area contributed by atoms with E-state index >= 15 is 0 Å². The Morgan fingerprint density at radius 3 is 2.54 bits per heavy atom. The second-order valence-electron chi connectivity index (χ2n) is 5.00. The van der Waals surface area contributed by atoms with Crippen molar-refractivity contribution in [1.82, 2.24) is 4.98 Å². The number of aromatic nitrogens is 1. The number of carbonyl (C=O) groups excluding carboxylic acids is 1. The molecule has 24 heavy (non-hydrogen) atoms. The third-order valence-electron chi connectivity index (χ3n) is 3.23. The van der Waals surface area contributed by atoms with Gasteiger partial charge in [0.25, 0.3) is 5.91 Å². The van der Waals surface area contributed by atoms with Crippen LogP contribution < -0.4 is 10.6 Å². The van der Waals surface area contributed by atoms with Gasteiger partial charge in [0, 0.05) is 22.6 Å². The molecular formula is C18H13Cl2N3O. The van der Waals surface area contributed by atoms with Crippen molar-refractivity contribution in [3.63, 3.8) is 0 Å². The maximum Gasteiger partial charge on any atom is 0.274 e. The predicted molar refractivity (Wildman–Crippen MR) is 98.4 cm³/mol. The molecule has 0 aliphatic rings. The Bertz CT molecular complexity index is 883. The lowest BCUT2D eigenvalue weighted by Crippen LogP contribution is -2.13. The highest BCUT2D eigenvalue weighted by Crippen LogP contribution is 2.25. The van der Waals surface area contributed by atoms with Gasteiger partial charge < -0.3 is 10.6 Å². The van der Waals surface area contributed by atoms with E-state index in [0.717, 1.165) is 5.69 Å². The van der Waals surface area contributed by atoms with E-state index in [1.807, 2.05) is 18.2 Å². The van der Waals surface area contributed by atoms with Crippen LogP contribution in [-0.4, -0.2) is 10.9 Å². The quantitative estimate of drug-likeness (QED) is 0.658. The van der Waals surface area contributed by atoms with Gasteiger partial charge in [-0.1, -0.05) is 41.4 Å². The summed E-state index contributed by atoms with van der Waals surface area (Å²) < 4.78 is 0. The van der Waals surface area contributed by atoms with Gasteiger partial charge >= 0.3 is 0 Å². The molecule has 0 spiro atoms. The molecule has 0 unspecified atom stereocenters. The molecule has 0 saturated heterocycles. The van der Waals surface area contributed by atoms with E-state index in [4.69, 9.17) is 23.2 Å². The zero-order valence-corrected chi connectivity index (χ0v) is 14.0. The van der Waals surface area contributed by atoms with Gasteiger partial charge in [0.1, 0.15) is 5.69 Å². The molecule has 4 nitrogen and oxygen atoms in total. The van der Waals surface area contributed by atoms with E-state index < -0.39 is 0 Å². The first kappa shape index (κ1) is 16.3. The number of carbonyl (C=O) groups is 1. The molecule has 3 rings (SSSR count). The van der Waals surface area contributed by atoms with Crippen LogP contribution in [-0.2, 0) is 0 Å². The van der Waals surface area contributed by atoms with E-state index in [-0.39, 0.29) is 11.6 Å². The number of hydrogen-bond acceptors (Lipinski definition) is 3. The summed E-state index contributed by atoms with van der Waals surface area (Å²) in [5.41, 5.74) is 2.37. The standard InChI is InChI=1S/C18H13Cl2N3O/c19-12-4-3-5-13(10-12)23-18(24)17-11-14(8-9-21-17)22-16-7-2-1-6-15(16)20/h1-11H,(H,21,22)(H,23,24). The van der Waals surface area contributed by atoms with Crippen LogP contribution in [0, 0.1) is 0 Å². The van der Waals surface area contributed by atoms with Gasteiger partial charge in [0.15, 0.2) is 0 Å². The Kier molecular flexibility index (Phi) is 4.99. The average molecular weight is 358 g/mol. The molecule has 2 N–H and O–H groups in total. The van der Waals surface area contributed by atoms with Crippen molar-refractivity contribution in [3.05, 3.63) is 82.6 Å². The molecule has 2 aromatic carbocycles. The molecule has 1 amide bonds. The van der Waals surface area contributed by atoms with Crippen LogP contribution in [0.1, 0.15) is 10.5 Å². The highest BCUT2D eigenvalue weighted by atomic mass is 35.5. The van der Waals surface area contributed by atoms with Crippen molar-refractivity contribution in [2.24, 2.45) is 0 Å². The minimum atomic E-state index is -0.319. The maximum absolute atomic E-state index is 12.3. The van der Waals surface area contributed by atoms with Crippen molar-refractivity contribution < 1.29 is 4.79 Å². The van der Waals surface area contributed by atoms with Crippen LogP contribution in [0.2, 0.25) is 10.0 Å². The number of pyridine rings is 1. The van der Waals surface area contributed by atoms with Crippen LogP contribution in [0.15, 0.2) is 66.9 Å². The van der Waals surface area contributed by atoms with Gasteiger partial charge in [0.2, 0.25) is 0 Å². The normalized spacial score (nSPS) is 10.2. The fourth-order valence-electron chi connectivity index (χ4n) is 2.11. The van der Waals surface area contributed by atoms with Crippen molar-refractivity contribution in [3.8, 4) is 0 Å². The summed E-state index contributed by atoms with van der Waals surface area (Å²) >= 11 is 12.0. The number of rotatable bonds is 4. The number of amides is 1. The fraction of sp³-hybridized carbons (Fsp3) is 0. The first-order chi connectivity index (χ1) is 11.6. The first-order valence-corrected chi connectivity index (χ1v) is 7.92. The minimum absolute atomic E-state index is 0.284. The van der Waals surface area contributed by atoms with Gasteiger partial charge in [0.05, 0.1) is 10.7 Å². The Labute approximate surface area is 149 Å². The smallest absolute Gasteiger partial charge is 0.274 e. The van der Waals surface area contributed by atoms with Gasteiger partial charge in [-0.15, -0.1) is 0 Å². The van der Waals surface area contributed by atoms with E-state index in [1.165, 1.54) is 0 Å². The van der Waals surface area contributed by atoms with E-state index in [1.54, 1.807) is 48.7 Å². The molecule has 1 heterocycles. The highest BCUT2D eigenvalue weighted by Gasteiger charge is 2.09. The molecule has 0 aliphatic heterocycles. The number of benzene rings is 2. The lowest BCUT2D eigenvalue weighted by molar-refractivity contribution is 0.102. The Morgan fingerprint density at radius 2 is 1.75 bits per heavy atom. The van der Waals surface area contributed by atoms with Crippen LogP contribution >= 0.6 is 23.2 Å². The van der Waals surface area contributed by atoms with Gasteiger partial charge in [-0.05, 0) is 42.5 Å². The maximum atomic E-state index is 12.3. The van der Waals surface area contributed by atoms with Crippen molar-refractivity contribution >= 4 is 46.2 Å². The largest absolute Gasteiger partial charge is 0.354 e. The topological polar surface area (TPSA) is 54.0 Å². The van der Waals surface area contributed by atoms with E-state index in [0.29, 0.717) is 21.4 Å². The Morgan fingerprint density at radius 1 is 0.917 bits per heavy atom. The summed E-state index contributed by atoms with van der Waals surface area (Å²) in [6, 6.07) is 17.7. The summed E-state index contributed by atoms with van der Waals surface area (Å²) in [5.74, 6) is -0.319. The second kappa shape index (κ2) is 7.34. The van der Waals surface area contributed by atoms with Crippen molar-refractivity contribution in [2.75, 3.05) is 10.6 Å². The summed E-state index contributed by atoms with van der Waals surface area (Å²) in [6.45, 7) is 0. The molecule has 0 aliphatic carbocycles. The zero-order valence-electron chi connectivity index (χ0n) is 12.5. The number of hydrogen-bond donors (Lipinski definition) is 2. The molecule has 120 valence electrons. The lowest BCUT2D eigenvalue weighted by atomic mass is 10.2. The number of nitrogens with one attached hydrogen (secondary N) is 2. The van der Waals surface area contributed by atoms with Crippen LogP contribution in [0.25, 0.3) is 0 Å². The zero-order chi connectivity index (χ0) is 16.9. The average Bonchev–Trinajstić information content (AvgIpc) is 2.57. The van der Waals surface area contributed by atoms with E-state index in [2.05, 4.69) is 15.6 Å². The molecule has 6 heteroatoms. The second-order valence-corrected chi connectivity index (χ2v) is 5.84. The molecule has 0 bridgehead atoms. The van der Waals surface area contributed by atoms with Gasteiger partial charge in [-0.25, -0.2) is 0 Å². The fourth-order valence-corrected chi connectivity index (χ4v) is 2.49. The van der Waals surface area contributed by atoms with E-state index in [9.17, 15) is 4.79 Å². The van der Waals surface area contributed by atoms with Crippen LogP contribution in [0.3, 0.4) is 0 Å². The summed E-state index contributed by atoms with van der Waals surface area (Å²) in [5, 5.41) is 7.08. The first-order valence-electron chi connectivity index (χ1n) is 7.16. The van der Waals surface area contributed by atoms with Gasteiger partial charge in [-0.2, -0.15) is 0 Å². The van der Waals surface area contributed by atoms with Crippen LogP contribution in [0.4, 0.5) is 17.1 Å². The number of para-hydroxylation sites is 1. The molecule has 3 aromatic rings. The Balaban J connectivity index is 1.77. The third kappa shape index (κ3) is 4.04. The highest BCUT2D eigenvalue weighted by molar-refractivity contribution is 6.33. The molecule has 0 saturated carbocycles. The molecule has 0 radical (unpaired) electrons. The summed E-state index contributed by atoms with van der Waals surface area (Å²) in [7, 11) is 0. The number of anilines is 3. The molecular weight excluding hydrogens is 345 g/mol. The molecule has 1 aromatic heterocycles. The molecule has 0 fully saturated rings. The summed E-state index contributed by atoms with van der Waals surface area (Å²) in [6.07, 6.45) is 1.56. The minimum Gasteiger partial charge on any atom is -0.354 e. The number of halogens is 2. The SMILES string of the molecule is O=C(Nc1cccc(Cl)c1)c1cc(Nc2ccccc2Cl)ccn1. The lowest BCUT2D eigenvalue weighted by Gasteiger charge is -2.10. The third-order valence-corrected chi connectivity index (χ3v) is 3.79. The monoisotopic (exact) mass is 357 g/mol. The molecule has 0 atom stereocenters. The predicted octanol–water partition coefficient (Wildman–Crippen LogP) is 5.38. The van der Waals surface area contributed by atoms with Crippen LogP contribution in [0.5, 0.6) is 0 Å². The van der Waals surface area contributed by atoms with Crippen molar-refractivity contribution in [2.45, 2.75) is 0 Å². The van der Waals surface area contributed by atoms with Crippen molar-refractivity contribution in [1.29, 1.82) is 0 Å².